The number of anilines is 1. The lowest BCUT2D eigenvalue weighted by molar-refractivity contribution is -0.136. The van der Waals surface area contributed by atoms with Gasteiger partial charge < -0.3 is 9.47 Å². The van der Waals surface area contributed by atoms with Crippen molar-refractivity contribution < 1.29 is 23.9 Å². The summed E-state index contributed by atoms with van der Waals surface area (Å²) < 4.78 is 11.3. The molecule has 0 unspecified atom stereocenters. The predicted octanol–water partition coefficient (Wildman–Crippen LogP) is 6.16. The number of ether oxygens (including phenoxy) is 2. The van der Waals surface area contributed by atoms with Crippen LogP contribution in [0.3, 0.4) is 0 Å². The summed E-state index contributed by atoms with van der Waals surface area (Å²) in [5.41, 5.74) is 5.54. The molecule has 7 rings (SSSR count). The minimum atomic E-state index is -0.996. The second-order valence-corrected chi connectivity index (χ2v) is 12.6. The highest BCUT2D eigenvalue weighted by molar-refractivity contribution is 6.25. The van der Waals surface area contributed by atoms with Gasteiger partial charge in [0.2, 0.25) is 0 Å². The highest BCUT2D eigenvalue weighted by Crippen LogP contribution is 2.45. The number of carbonyl (C=O) groups is 3. The Morgan fingerprint density at radius 3 is 2.18 bits per heavy atom. The molecule has 4 atom stereocenters. The standard InChI is InChI=1S/C38H40N6O5/c1-4-24-10-16-28(17-11-24)43-37(46)34-36(38(43)47)42(41-39-34)23-32(45)44-35(26-14-20-30(21-15-26)49-6-3)31-9-7-8-27(33(31)40-44)22-25-12-18-29(19-13-25)48-5-2/h10-22,31,34-36H,4-9,23H2,1-3H3/b27-22+/t31-,34-,35-,36-/m1/s1. The number of hydrazone groups is 1. The number of fused-ring (bicyclic) bond motifs is 2. The Labute approximate surface area is 285 Å². The molecule has 0 bridgehead atoms. The van der Waals surface area contributed by atoms with Gasteiger partial charge in [-0.15, -0.1) is 0 Å². The van der Waals surface area contributed by atoms with Crippen LogP contribution in [0.4, 0.5) is 5.69 Å². The highest BCUT2D eigenvalue weighted by atomic mass is 16.5. The van der Waals surface area contributed by atoms with Crippen molar-refractivity contribution in [3.8, 4) is 11.5 Å². The fraction of sp³-hybridized carbons (Fsp3) is 0.368. The molecule has 2 fully saturated rings. The maximum absolute atomic E-state index is 14.3. The van der Waals surface area contributed by atoms with Crippen LogP contribution < -0.4 is 14.4 Å². The van der Waals surface area contributed by atoms with E-state index < -0.39 is 23.9 Å². The molecular weight excluding hydrogens is 620 g/mol. The second-order valence-electron chi connectivity index (χ2n) is 12.6. The minimum absolute atomic E-state index is 0.0196. The number of rotatable bonds is 10. The number of allylic oxidation sites excluding steroid dienone is 1. The van der Waals surface area contributed by atoms with Gasteiger partial charge in [-0.25, -0.2) is 9.91 Å². The van der Waals surface area contributed by atoms with Crippen LogP contribution in [-0.4, -0.2) is 65.3 Å². The van der Waals surface area contributed by atoms with Crippen molar-refractivity contribution in [1.29, 1.82) is 0 Å². The van der Waals surface area contributed by atoms with Gasteiger partial charge in [0, 0.05) is 5.92 Å². The monoisotopic (exact) mass is 660 g/mol. The lowest BCUT2D eigenvalue weighted by Gasteiger charge is -2.30. The summed E-state index contributed by atoms with van der Waals surface area (Å²) in [4.78, 5) is 42.5. The van der Waals surface area contributed by atoms with Gasteiger partial charge in [0.25, 0.3) is 17.7 Å². The van der Waals surface area contributed by atoms with Gasteiger partial charge in [0.15, 0.2) is 12.1 Å². The topological polar surface area (TPSA) is 116 Å². The number of hydrogen-bond acceptors (Lipinski definition) is 9. The first-order valence-electron chi connectivity index (χ1n) is 17.1. The molecule has 0 spiro atoms. The Kier molecular flexibility index (Phi) is 8.99. The summed E-state index contributed by atoms with van der Waals surface area (Å²) in [7, 11) is 0. The summed E-state index contributed by atoms with van der Waals surface area (Å²) in [5, 5.41) is 16.2. The molecule has 1 saturated heterocycles. The minimum Gasteiger partial charge on any atom is -0.494 e. The molecule has 0 N–H and O–H groups in total. The van der Waals surface area contributed by atoms with Crippen molar-refractivity contribution in [3.63, 3.8) is 0 Å². The molecule has 3 aromatic carbocycles. The summed E-state index contributed by atoms with van der Waals surface area (Å²) in [6.07, 6.45) is 5.66. The molecule has 4 aliphatic rings. The quantitative estimate of drug-likeness (QED) is 0.241. The molecule has 0 radical (unpaired) electrons. The molecule has 3 heterocycles. The van der Waals surface area contributed by atoms with E-state index in [-0.39, 0.29) is 24.4 Å². The number of imide groups is 1. The van der Waals surface area contributed by atoms with Crippen LogP contribution in [0.25, 0.3) is 6.08 Å². The summed E-state index contributed by atoms with van der Waals surface area (Å²) in [6.45, 7) is 6.85. The molecule has 11 heteroatoms. The zero-order valence-electron chi connectivity index (χ0n) is 28.0. The highest BCUT2D eigenvalue weighted by Gasteiger charge is 2.55. The first-order valence-corrected chi connectivity index (χ1v) is 17.1. The molecule has 49 heavy (non-hydrogen) atoms. The van der Waals surface area contributed by atoms with E-state index in [1.807, 2.05) is 81.4 Å². The van der Waals surface area contributed by atoms with Gasteiger partial charge >= 0.3 is 0 Å². The zero-order chi connectivity index (χ0) is 34.1. The predicted molar refractivity (Wildman–Crippen MR) is 185 cm³/mol. The Balaban J connectivity index is 1.17. The molecule has 3 aliphatic heterocycles. The number of carbonyl (C=O) groups excluding carboxylic acids is 3. The maximum atomic E-state index is 14.3. The Hall–Kier alpha value is -5.32. The van der Waals surface area contributed by atoms with E-state index in [0.717, 1.165) is 70.1 Å². The van der Waals surface area contributed by atoms with Gasteiger partial charge in [-0.05, 0) is 104 Å². The molecule has 252 valence electrons. The second kappa shape index (κ2) is 13.7. The fourth-order valence-corrected chi connectivity index (χ4v) is 7.20. The van der Waals surface area contributed by atoms with Crippen LogP contribution >= 0.6 is 0 Å². The first-order chi connectivity index (χ1) is 23.9. The van der Waals surface area contributed by atoms with Crippen LogP contribution in [0.5, 0.6) is 11.5 Å². The van der Waals surface area contributed by atoms with E-state index in [0.29, 0.717) is 18.9 Å². The number of nitrogens with zero attached hydrogens (tertiary/aromatic N) is 6. The van der Waals surface area contributed by atoms with Crippen molar-refractivity contribution >= 4 is 35.2 Å². The fourth-order valence-electron chi connectivity index (χ4n) is 7.20. The average Bonchev–Trinajstić information content (AvgIpc) is 3.79. The molecule has 1 aliphatic carbocycles. The van der Waals surface area contributed by atoms with Gasteiger partial charge in [0.05, 0.1) is 30.7 Å². The molecule has 1 saturated carbocycles. The van der Waals surface area contributed by atoms with Crippen molar-refractivity contribution in [2.45, 2.75) is 64.6 Å². The van der Waals surface area contributed by atoms with Crippen molar-refractivity contribution in [2.75, 3.05) is 24.7 Å². The van der Waals surface area contributed by atoms with Crippen LogP contribution in [0.15, 0.2) is 93.8 Å². The zero-order valence-corrected chi connectivity index (χ0v) is 28.0. The Morgan fingerprint density at radius 1 is 0.857 bits per heavy atom. The van der Waals surface area contributed by atoms with Crippen LogP contribution in [0, 0.1) is 5.92 Å². The van der Waals surface area contributed by atoms with E-state index in [9.17, 15) is 14.4 Å². The molecular formula is C38H40N6O5. The lowest BCUT2D eigenvalue weighted by Crippen LogP contribution is -2.45. The van der Waals surface area contributed by atoms with Crippen LogP contribution in [0.2, 0.25) is 0 Å². The Morgan fingerprint density at radius 2 is 1.53 bits per heavy atom. The number of aryl methyl sites for hydroxylation is 1. The van der Waals surface area contributed by atoms with E-state index in [4.69, 9.17) is 14.6 Å². The lowest BCUT2D eigenvalue weighted by atomic mass is 9.77. The van der Waals surface area contributed by atoms with Gasteiger partial charge in [-0.3, -0.25) is 19.4 Å². The van der Waals surface area contributed by atoms with Crippen molar-refractivity contribution in [1.82, 2.24) is 10.0 Å². The van der Waals surface area contributed by atoms with Gasteiger partial charge in [-0.2, -0.15) is 10.2 Å². The van der Waals surface area contributed by atoms with E-state index >= 15 is 0 Å². The number of amides is 3. The van der Waals surface area contributed by atoms with E-state index in [1.54, 1.807) is 17.1 Å². The third-order valence-electron chi connectivity index (χ3n) is 9.58. The average molecular weight is 661 g/mol. The summed E-state index contributed by atoms with van der Waals surface area (Å²) >= 11 is 0. The van der Waals surface area contributed by atoms with E-state index in [2.05, 4.69) is 16.4 Å². The smallest absolute Gasteiger partial charge is 0.264 e. The van der Waals surface area contributed by atoms with Gasteiger partial charge in [-0.1, -0.05) is 48.5 Å². The van der Waals surface area contributed by atoms with Crippen molar-refractivity contribution in [2.24, 2.45) is 21.4 Å². The molecule has 3 amide bonds. The maximum Gasteiger partial charge on any atom is 0.264 e. The first kappa shape index (κ1) is 32.2. The summed E-state index contributed by atoms with van der Waals surface area (Å²) in [6, 6.07) is 20.8. The largest absolute Gasteiger partial charge is 0.494 e. The Bertz CT molecular complexity index is 1820. The third kappa shape index (κ3) is 6.09. The number of benzene rings is 3. The van der Waals surface area contributed by atoms with E-state index in [1.165, 1.54) is 5.01 Å². The van der Waals surface area contributed by atoms with Crippen LogP contribution in [-0.2, 0) is 20.8 Å². The van der Waals surface area contributed by atoms with Crippen LogP contribution in [0.1, 0.15) is 62.8 Å². The third-order valence-corrected chi connectivity index (χ3v) is 9.58. The molecule has 11 nitrogen and oxygen atoms in total. The SMILES string of the molecule is CCOc1ccc(/C=C2\CCC[C@@H]3C2=NN(C(=O)CN2N=N[C@H]4C(=O)N(c5ccc(CC)cc5)C(=O)[C@@H]42)[C@@H]3c2ccc(OCC)cc2)cc1. The normalized spacial score (nSPS) is 23.6. The number of hydrogen-bond donors (Lipinski definition) is 0. The summed E-state index contributed by atoms with van der Waals surface area (Å²) in [5.74, 6) is 0.340. The van der Waals surface area contributed by atoms with Crippen molar-refractivity contribution in [3.05, 3.63) is 95.1 Å². The molecule has 0 aromatic heterocycles. The molecule has 3 aromatic rings. The van der Waals surface area contributed by atoms with Gasteiger partial charge in [0.1, 0.15) is 18.0 Å².